The van der Waals surface area contributed by atoms with E-state index >= 15 is 0 Å². The number of alkyl halides is 3. The zero-order valence-corrected chi connectivity index (χ0v) is 15.2. The first-order valence-corrected chi connectivity index (χ1v) is 9.21. The van der Waals surface area contributed by atoms with Gasteiger partial charge in [0.2, 0.25) is 0 Å². The van der Waals surface area contributed by atoms with Gasteiger partial charge >= 0.3 is 6.18 Å². The number of carbonyl (C=O) groups is 1. The molecule has 0 saturated heterocycles. The molecule has 24 heavy (non-hydrogen) atoms. The van der Waals surface area contributed by atoms with Crippen molar-refractivity contribution in [3.05, 3.63) is 69.2 Å². The highest BCUT2D eigenvalue weighted by Crippen LogP contribution is 2.29. The van der Waals surface area contributed by atoms with Crippen LogP contribution in [0.2, 0.25) is 0 Å². The molecule has 128 valence electrons. The molecular formula is C17H15BrF3NOS. The summed E-state index contributed by atoms with van der Waals surface area (Å²) in [5.74, 6) is 0.453. The van der Waals surface area contributed by atoms with Crippen molar-refractivity contribution in [1.29, 1.82) is 0 Å². The molecule has 0 heterocycles. The van der Waals surface area contributed by atoms with E-state index in [1.807, 2.05) is 12.3 Å². The van der Waals surface area contributed by atoms with Crippen LogP contribution in [-0.4, -0.2) is 12.2 Å². The van der Waals surface area contributed by atoms with Crippen LogP contribution >= 0.6 is 27.7 Å². The second-order valence-electron chi connectivity index (χ2n) is 5.11. The van der Waals surface area contributed by atoms with E-state index in [1.165, 1.54) is 12.1 Å². The number of carbonyl (C=O) groups excluding carboxylic acids is 1. The van der Waals surface area contributed by atoms with Crippen LogP contribution in [0.25, 0.3) is 0 Å². The molecule has 0 radical (unpaired) electrons. The molecular weight excluding hydrogens is 403 g/mol. The first-order valence-electron chi connectivity index (χ1n) is 7.03. The Kier molecular flexibility index (Phi) is 6.34. The van der Waals surface area contributed by atoms with Gasteiger partial charge in [0, 0.05) is 22.3 Å². The molecule has 0 spiro atoms. The monoisotopic (exact) mass is 417 g/mol. The highest BCUT2D eigenvalue weighted by Gasteiger charge is 2.29. The van der Waals surface area contributed by atoms with E-state index in [4.69, 9.17) is 0 Å². The van der Waals surface area contributed by atoms with Crippen molar-refractivity contribution in [1.82, 2.24) is 5.32 Å². The number of hydrogen-bond donors (Lipinski definition) is 1. The molecule has 2 rings (SSSR count). The van der Waals surface area contributed by atoms with E-state index < -0.39 is 11.7 Å². The normalized spacial score (nSPS) is 11.4. The fourth-order valence-electron chi connectivity index (χ4n) is 2.15. The number of benzene rings is 2. The van der Waals surface area contributed by atoms with Gasteiger partial charge in [0.15, 0.2) is 0 Å². The van der Waals surface area contributed by atoms with E-state index in [0.29, 0.717) is 16.9 Å². The molecule has 0 aliphatic rings. The van der Waals surface area contributed by atoms with Crippen LogP contribution in [0.1, 0.15) is 27.0 Å². The van der Waals surface area contributed by atoms with Crippen molar-refractivity contribution in [2.75, 3.05) is 6.26 Å². The predicted molar refractivity (Wildman–Crippen MR) is 94.0 cm³/mol. The lowest BCUT2D eigenvalue weighted by atomic mass is 10.1. The SMILES string of the molecule is CSCc1cc(Br)ccc1C(=O)NCc1ccc(C(F)(F)F)cc1. The third-order valence-electron chi connectivity index (χ3n) is 3.35. The molecule has 7 heteroatoms. The summed E-state index contributed by atoms with van der Waals surface area (Å²) in [6, 6.07) is 10.2. The molecule has 0 aliphatic heterocycles. The van der Waals surface area contributed by atoms with Gasteiger partial charge in [-0.2, -0.15) is 24.9 Å². The van der Waals surface area contributed by atoms with Gasteiger partial charge in [0.1, 0.15) is 0 Å². The first kappa shape index (κ1) is 18.9. The Balaban J connectivity index is 2.06. The molecule has 0 bridgehead atoms. The average Bonchev–Trinajstić information content (AvgIpc) is 2.53. The standard InChI is InChI=1S/C17H15BrF3NOS/c1-24-10-12-8-14(18)6-7-15(12)16(23)22-9-11-2-4-13(5-3-11)17(19,20)21/h2-8H,9-10H2,1H3,(H,22,23). The lowest BCUT2D eigenvalue weighted by Crippen LogP contribution is -2.24. The van der Waals surface area contributed by atoms with Crippen molar-refractivity contribution in [2.45, 2.75) is 18.5 Å². The van der Waals surface area contributed by atoms with Crippen molar-refractivity contribution >= 4 is 33.6 Å². The van der Waals surface area contributed by atoms with E-state index in [2.05, 4.69) is 21.2 Å². The van der Waals surface area contributed by atoms with Crippen LogP contribution in [0.4, 0.5) is 13.2 Å². The second-order valence-corrected chi connectivity index (χ2v) is 6.89. The van der Waals surface area contributed by atoms with Crippen LogP contribution in [-0.2, 0) is 18.5 Å². The van der Waals surface area contributed by atoms with Gasteiger partial charge < -0.3 is 5.32 Å². The van der Waals surface area contributed by atoms with Gasteiger partial charge in [-0.25, -0.2) is 0 Å². The molecule has 0 fully saturated rings. The minimum Gasteiger partial charge on any atom is -0.348 e. The number of rotatable bonds is 5. The smallest absolute Gasteiger partial charge is 0.348 e. The molecule has 1 N–H and O–H groups in total. The Bertz CT molecular complexity index is 717. The molecule has 2 aromatic carbocycles. The minimum atomic E-state index is -4.36. The third kappa shape index (κ3) is 5.01. The van der Waals surface area contributed by atoms with Gasteiger partial charge in [-0.1, -0.05) is 28.1 Å². The minimum absolute atomic E-state index is 0.172. The number of thioether (sulfide) groups is 1. The van der Waals surface area contributed by atoms with Crippen LogP contribution in [0.5, 0.6) is 0 Å². The summed E-state index contributed by atoms with van der Waals surface area (Å²) in [4.78, 5) is 12.3. The second kappa shape index (κ2) is 8.07. The topological polar surface area (TPSA) is 29.1 Å². The van der Waals surface area contributed by atoms with Crippen LogP contribution in [0.15, 0.2) is 46.9 Å². The molecule has 0 aliphatic carbocycles. The Morgan fingerprint density at radius 1 is 1.17 bits per heavy atom. The van der Waals surface area contributed by atoms with Gasteiger partial charge in [-0.15, -0.1) is 0 Å². The molecule has 2 aromatic rings. The average molecular weight is 418 g/mol. The molecule has 0 aromatic heterocycles. The van der Waals surface area contributed by atoms with Gasteiger partial charge in [0.25, 0.3) is 5.91 Å². The van der Waals surface area contributed by atoms with Crippen LogP contribution in [0, 0.1) is 0 Å². The molecule has 2 nitrogen and oxygen atoms in total. The van der Waals surface area contributed by atoms with Crippen molar-refractivity contribution in [2.24, 2.45) is 0 Å². The summed E-state index contributed by atoms with van der Waals surface area (Å²) in [5, 5.41) is 2.75. The number of halogens is 4. The van der Waals surface area contributed by atoms with Crippen LogP contribution in [0.3, 0.4) is 0 Å². The molecule has 0 saturated carbocycles. The van der Waals surface area contributed by atoms with Crippen molar-refractivity contribution in [3.8, 4) is 0 Å². The Hall–Kier alpha value is -1.47. The summed E-state index contributed by atoms with van der Waals surface area (Å²) in [6.45, 7) is 0.172. The van der Waals surface area contributed by atoms with Gasteiger partial charge in [-0.3, -0.25) is 4.79 Å². The highest BCUT2D eigenvalue weighted by molar-refractivity contribution is 9.10. The van der Waals surface area contributed by atoms with Gasteiger partial charge in [-0.05, 0) is 47.7 Å². The third-order valence-corrected chi connectivity index (χ3v) is 4.44. The highest BCUT2D eigenvalue weighted by atomic mass is 79.9. The lowest BCUT2D eigenvalue weighted by molar-refractivity contribution is -0.137. The first-order chi connectivity index (χ1) is 11.3. The Morgan fingerprint density at radius 2 is 1.83 bits per heavy atom. The zero-order valence-electron chi connectivity index (χ0n) is 12.8. The van der Waals surface area contributed by atoms with E-state index in [-0.39, 0.29) is 12.5 Å². The fourth-order valence-corrected chi connectivity index (χ4v) is 3.11. The summed E-state index contributed by atoms with van der Waals surface area (Å²) in [6.07, 6.45) is -2.41. The Morgan fingerprint density at radius 3 is 2.42 bits per heavy atom. The number of hydrogen-bond acceptors (Lipinski definition) is 2. The van der Waals surface area contributed by atoms with E-state index in [1.54, 1.807) is 23.9 Å². The largest absolute Gasteiger partial charge is 0.416 e. The fraction of sp³-hybridized carbons (Fsp3) is 0.235. The summed E-state index contributed by atoms with van der Waals surface area (Å²) < 4.78 is 38.5. The zero-order chi connectivity index (χ0) is 17.7. The predicted octanol–water partition coefficient (Wildman–Crippen LogP) is 5.26. The van der Waals surface area contributed by atoms with E-state index in [0.717, 1.165) is 22.2 Å². The van der Waals surface area contributed by atoms with E-state index in [9.17, 15) is 18.0 Å². The van der Waals surface area contributed by atoms with Crippen LogP contribution < -0.4 is 5.32 Å². The van der Waals surface area contributed by atoms with Crippen molar-refractivity contribution in [3.63, 3.8) is 0 Å². The maximum absolute atomic E-state index is 12.5. The summed E-state index contributed by atoms with van der Waals surface area (Å²) >= 11 is 4.99. The maximum atomic E-state index is 12.5. The number of amides is 1. The summed E-state index contributed by atoms with van der Waals surface area (Å²) in [5.41, 5.74) is 1.38. The summed E-state index contributed by atoms with van der Waals surface area (Å²) in [7, 11) is 0. The Labute approximate surface area is 151 Å². The number of nitrogens with one attached hydrogen (secondary N) is 1. The van der Waals surface area contributed by atoms with Gasteiger partial charge in [0.05, 0.1) is 5.56 Å². The molecule has 1 amide bonds. The van der Waals surface area contributed by atoms with Crippen molar-refractivity contribution < 1.29 is 18.0 Å². The molecule has 0 atom stereocenters. The maximum Gasteiger partial charge on any atom is 0.416 e. The molecule has 0 unspecified atom stereocenters. The quantitative estimate of drug-likeness (QED) is 0.718. The lowest BCUT2D eigenvalue weighted by Gasteiger charge is -2.11.